The van der Waals surface area contributed by atoms with Crippen LogP contribution in [0.5, 0.6) is 0 Å². The Balaban J connectivity index is 1.67. The summed E-state index contributed by atoms with van der Waals surface area (Å²) in [5.41, 5.74) is 1.38. The fraction of sp³-hybridized carbons (Fsp3) is 0.136. The van der Waals surface area contributed by atoms with Crippen LogP contribution >= 0.6 is 0 Å². The maximum absolute atomic E-state index is 13.9. The highest BCUT2D eigenvalue weighted by molar-refractivity contribution is 7.92. The lowest BCUT2D eigenvalue weighted by molar-refractivity contribution is 0.102. The van der Waals surface area contributed by atoms with E-state index in [2.05, 4.69) is 20.3 Å². The average molecular weight is 456 g/mol. The molecule has 7 nitrogen and oxygen atoms in total. The van der Waals surface area contributed by atoms with Gasteiger partial charge in [0.2, 0.25) is 0 Å². The van der Waals surface area contributed by atoms with Gasteiger partial charge in [-0.25, -0.2) is 27.2 Å². The van der Waals surface area contributed by atoms with Crippen LogP contribution in [0.2, 0.25) is 0 Å². The number of fused-ring (bicyclic) bond motifs is 1. The summed E-state index contributed by atoms with van der Waals surface area (Å²) in [6, 6.07) is 9.69. The first kappa shape index (κ1) is 21.6. The van der Waals surface area contributed by atoms with Crippen molar-refractivity contribution in [2.24, 2.45) is 0 Å². The number of rotatable bonds is 5. The van der Waals surface area contributed by atoms with Crippen LogP contribution in [-0.2, 0) is 9.84 Å². The normalized spacial score (nSPS) is 11.8. The molecule has 0 aliphatic rings. The van der Waals surface area contributed by atoms with Gasteiger partial charge in [-0.2, -0.15) is 0 Å². The molecule has 0 saturated heterocycles. The number of nitrogens with one attached hydrogen (secondary N) is 2. The first-order valence-electron chi connectivity index (χ1n) is 9.62. The van der Waals surface area contributed by atoms with Gasteiger partial charge in [-0.3, -0.25) is 4.79 Å². The smallest absolute Gasteiger partial charge is 0.259 e. The number of amides is 1. The third-order valence-electron chi connectivity index (χ3n) is 4.92. The molecule has 10 heteroatoms. The first-order chi connectivity index (χ1) is 15.2. The highest BCUT2D eigenvalue weighted by Crippen LogP contribution is 2.25. The third-order valence-corrected chi connectivity index (χ3v) is 7.09. The van der Waals surface area contributed by atoms with Crippen molar-refractivity contribution < 1.29 is 22.0 Å². The highest BCUT2D eigenvalue weighted by atomic mass is 32.2. The Morgan fingerprint density at radius 1 is 1.09 bits per heavy atom. The van der Waals surface area contributed by atoms with Crippen molar-refractivity contribution in [3.8, 4) is 11.3 Å². The molecular formula is C22H18F2N4O3S. The summed E-state index contributed by atoms with van der Waals surface area (Å²) in [5.74, 6) is -2.93. The van der Waals surface area contributed by atoms with E-state index in [0.29, 0.717) is 16.9 Å². The molecule has 2 aromatic heterocycles. The molecule has 0 fully saturated rings. The number of aromatic nitrogens is 3. The van der Waals surface area contributed by atoms with Gasteiger partial charge < -0.3 is 10.3 Å². The van der Waals surface area contributed by atoms with Gasteiger partial charge in [0.1, 0.15) is 5.52 Å². The van der Waals surface area contributed by atoms with Crippen LogP contribution in [0.3, 0.4) is 0 Å². The molecular weight excluding hydrogens is 438 g/mol. The topological polar surface area (TPSA) is 105 Å². The molecule has 0 radical (unpaired) electrons. The van der Waals surface area contributed by atoms with Crippen molar-refractivity contribution >= 4 is 32.6 Å². The van der Waals surface area contributed by atoms with E-state index in [1.54, 1.807) is 26.0 Å². The molecule has 2 heterocycles. The fourth-order valence-corrected chi connectivity index (χ4v) is 4.14. The number of hydrogen-bond acceptors (Lipinski definition) is 5. The van der Waals surface area contributed by atoms with E-state index in [9.17, 15) is 22.0 Å². The predicted molar refractivity (Wildman–Crippen MR) is 116 cm³/mol. The van der Waals surface area contributed by atoms with Crippen molar-refractivity contribution in [1.82, 2.24) is 15.0 Å². The van der Waals surface area contributed by atoms with E-state index in [4.69, 9.17) is 0 Å². The van der Waals surface area contributed by atoms with Crippen molar-refractivity contribution in [2.45, 2.75) is 24.0 Å². The van der Waals surface area contributed by atoms with Gasteiger partial charge in [0.05, 0.1) is 33.3 Å². The summed E-state index contributed by atoms with van der Waals surface area (Å²) in [6.45, 7) is 3.22. The molecule has 0 aliphatic heterocycles. The Kier molecular flexibility index (Phi) is 5.47. The molecule has 4 rings (SSSR count). The van der Waals surface area contributed by atoms with E-state index in [0.717, 1.165) is 6.07 Å². The minimum atomic E-state index is -3.41. The molecule has 2 N–H and O–H groups in total. The van der Waals surface area contributed by atoms with Crippen LogP contribution in [-0.4, -0.2) is 34.5 Å². The van der Waals surface area contributed by atoms with Gasteiger partial charge in [-0.1, -0.05) is 18.2 Å². The van der Waals surface area contributed by atoms with Crippen molar-refractivity contribution in [3.05, 3.63) is 72.1 Å². The fourth-order valence-electron chi connectivity index (χ4n) is 3.08. The number of nitrogens with zero attached hydrogens (tertiary/aromatic N) is 2. The van der Waals surface area contributed by atoms with Gasteiger partial charge in [0.25, 0.3) is 5.91 Å². The van der Waals surface area contributed by atoms with Crippen LogP contribution in [0.1, 0.15) is 24.2 Å². The second-order valence-electron chi connectivity index (χ2n) is 7.33. The minimum Gasteiger partial charge on any atom is -0.344 e. The number of carbonyl (C=O) groups excluding carboxylic acids is 1. The highest BCUT2D eigenvalue weighted by Gasteiger charge is 2.20. The summed E-state index contributed by atoms with van der Waals surface area (Å²) >= 11 is 0. The summed E-state index contributed by atoms with van der Waals surface area (Å²) in [6.07, 6.45) is 2.86. The van der Waals surface area contributed by atoms with Gasteiger partial charge >= 0.3 is 0 Å². The van der Waals surface area contributed by atoms with Crippen molar-refractivity contribution in [2.75, 3.05) is 5.32 Å². The number of hydrogen-bond donors (Lipinski definition) is 2. The van der Waals surface area contributed by atoms with E-state index in [-0.39, 0.29) is 21.7 Å². The number of halogens is 2. The largest absolute Gasteiger partial charge is 0.344 e. The lowest BCUT2D eigenvalue weighted by atomic mass is 10.1. The van der Waals surface area contributed by atoms with Crippen LogP contribution in [0.15, 0.2) is 59.8 Å². The molecule has 0 spiro atoms. The molecule has 0 saturated carbocycles. The third kappa shape index (κ3) is 3.84. The molecule has 32 heavy (non-hydrogen) atoms. The van der Waals surface area contributed by atoms with E-state index >= 15 is 0 Å². The summed E-state index contributed by atoms with van der Waals surface area (Å²) in [4.78, 5) is 24.4. The number of sulfone groups is 1. The van der Waals surface area contributed by atoms with Gasteiger partial charge in [-0.15, -0.1) is 0 Å². The number of benzene rings is 2. The lowest BCUT2D eigenvalue weighted by Crippen LogP contribution is -2.13. The Labute approximate surface area is 182 Å². The molecule has 2 aromatic carbocycles. The van der Waals surface area contributed by atoms with Crippen LogP contribution in [0.25, 0.3) is 22.4 Å². The van der Waals surface area contributed by atoms with Crippen molar-refractivity contribution in [1.29, 1.82) is 0 Å². The number of aromatic amines is 1. The molecule has 0 aliphatic carbocycles. The van der Waals surface area contributed by atoms with Crippen LogP contribution < -0.4 is 5.32 Å². The molecule has 0 unspecified atom stereocenters. The molecule has 164 valence electrons. The summed E-state index contributed by atoms with van der Waals surface area (Å²) in [7, 11) is -3.41. The van der Waals surface area contributed by atoms with Gasteiger partial charge in [0.15, 0.2) is 27.1 Å². The molecule has 1 amide bonds. The zero-order valence-corrected chi connectivity index (χ0v) is 17.9. The summed E-state index contributed by atoms with van der Waals surface area (Å²) in [5, 5.41) is 1.78. The van der Waals surface area contributed by atoms with E-state index in [1.165, 1.54) is 36.7 Å². The molecule has 0 atom stereocenters. The van der Waals surface area contributed by atoms with Crippen LogP contribution in [0.4, 0.5) is 14.5 Å². The van der Waals surface area contributed by atoms with E-state index in [1.807, 2.05) is 0 Å². The number of H-pyrrole nitrogens is 1. The standard InChI is InChI=1S/C22H18F2N4O3S/c1-12(2)32(30,31)14-8-6-13(7-9-14)18-11-26-21-20(27-18)15(10-25-21)22(29)28-17-5-3-4-16(23)19(17)24/h3-12H,1-2H3,(H,25,26)(H,28,29). The number of carbonyl (C=O) groups is 1. The van der Waals surface area contributed by atoms with E-state index < -0.39 is 32.6 Å². The zero-order chi connectivity index (χ0) is 23.0. The van der Waals surface area contributed by atoms with Crippen molar-refractivity contribution in [3.63, 3.8) is 0 Å². The SMILES string of the molecule is CC(C)S(=O)(=O)c1ccc(-c2cnc3[nH]cc(C(=O)Nc4cccc(F)c4F)c3n2)cc1. The zero-order valence-electron chi connectivity index (χ0n) is 17.1. The average Bonchev–Trinajstić information content (AvgIpc) is 3.20. The Hall–Kier alpha value is -3.66. The lowest BCUT2D eigenvalue weighted by Gasteiger charge is -2.09. The monoisotopic (exact) mass is 456 g/mol. The predicted octanol–water partition coefficient (Wildman–Crippen LogP) is 4.34. The Morgan fingerprint density at radius 3 is 2.50 bits per heavy atom. The maximum Gasteiger partial charge on any atom is 0.259 e. The number of anilines is 1. The molecule has 0 bridgehead atoms. The van der Waals surface area contributed by atoms with Gasteiger partial charge in [0, 0.05) is 11.8 Å². The second-order valence-corrected chi connectivity index (χ2v) is 9.83. The van der Waals surface area contributed by atoms with Crippen LogP contribution in [0, 0.1) is 11.6 Å². The quantitative estimate of drug-likeness (QED) is 0.465. The second kappa shape index (κ2) is 8.12. The Morgan fingerprint density at radius 2 is 1.81 bits per heavy atom. The first-order valence-corrected chi connectivity index (χ1v) is 11.2. The summed E-state index contributed by atoms with van der Waals surface area (Å²) < 4.78 is 51.9. The van der Waals surface area contributed by atoms with Gasteiger partial charge in [-0.05, 0) is 38.1 Å². The molecule has 4 aromatic rings. The maximum atomic E-state index is 13.9. The minimum absolute atomic E-state index is 0.0945. The Bertz CT molecular complexity index is 1430.